The summed E-state index contributed by atoms with van der Waals surface area (Å²) in [6.45, 7) is 5.42. The Hall–Kier alpha value is -0.860. The first-order valence-electron chi connectivity index (χ1n) is 5.75. The van der Waals surface area contributed by atoms with Gasteiger partial charge in [-0.2, -0.15) is 0 Å². The molecule has 0 aliphatic carbocycles. The number of carbonyl (C=O) groups is 2. The van der Waals surface area contributed by atoms with Crippen molar-refractivity contribution in [1.82, 2.24) is 0 Å². The number of hydrogen-bond acceptors (Lipinski definition) is 2. The van der Waals surface area contributed by atoms with Crippen LogP contribution in [0, 0.1) is 5.41 Å². The van der Waals surface area contributed by atoms with Crippen LogP contribution in [0.2, 0.25) is 0 Å². The number of Topliss-reactive ketones (excluding diaryl/α,β-unsaturated/α-hetero) is 1. The Balaban J connectivity index is 4.73. The second kappa shape index (κ2) is 6.59. The van der Waals surface area contributed by atoms with E-state index in [1.807, 2.05) is 13.8 Å². The normalized spacial score (nSPS) is 11.4. The van der Waals surface area contributed by atoms with Gasteiger partial charge in [0.05, 0.1) is 0 Å². The molecule has 0 saturated carbocycles. The van der Waals surface area contributed by atoms with Crippen molar-refractivity contribution in [2.24, 2.45) is 5.41 Å². The topological polar surface area (TPSA) is 54.4 Å². The fraction of sp³-hybridized carbons (Fsp3) is 0.833. The van der Waals surface area contributed by atoms with E-state index in [0.29, 0.717) is 12.8 Å². The van der Waals surface area contributed by atoms with Gasteiger partial charge in [0.15, 0.2) is 0 Å². The van der Waals surface area contributed by atoms with Crippen LogP contribution < -0.4 is 0 Å². The molecule has 0 aromatic heterocycles. The zero-order valence-electron chi connectivity index (χ0n) is 10.0. The second-order valence-electron chi connectivity index (χ2n) is 4.15. The fourth-order valence-electron chi connectivity index (χ4n) is 1.80. The van der Waals surface area contributed by atoms with Gasteiger partial charge in [0.2, 0.25) is 0 Å². The Labute approximate surface area is 91.9 Å². The summed E-state index contributed by atoms with van der Waals surface area (Å²) < 4.78 is 0. The van der Waals surface area contributed by atoms with E-state index >= 15 is 0 Å². The summed E-state index contributed by atoms with van der Waals surface area (Å²) in [5, 5.41) is 9.23. The van der Waals surface area contributed by atoms with Crippen molar-refractivity contribution >= 4 is 11.8 Å². The molecule has 15 heavy (non-hydrogen) atoms. The number of carboxylic acid groups (broad SMARTS) is 1. The molecular formula is C12H22O3. The van der Waals surface area contributed by atoms with Crippen molar-refractivity contribution in [2.45, 2.75) is 59.3 Å². The van der Waals surface area contributed by atoms with Crippen LogP contribution in [0.5, 0.6) is 0 Å². The lowest BCUT2D eigenvalue weighted by molar-refractivity contribution is -0.155. The largest absolute Gasteiger partial charge is 0.480 e. The Morgan fingerprint density at radius 1 is 1.07 bits per heavy atom. The first kappa shape index (κ1) is 14.1. The molecule has 0 aliphatic rings. The van der Waals surface area contributed by atoms with Crippen molar-refractivity contribution in [3.8, 4) is 0 Å². The Morgan fingerprint density at radius 3 is 1.67 bits per heavy atom. The van der Waals surface area contributed by atoms with E-state index in [2.05, 4.69) is 0 Å². The second-order valence-corrected chi connectivity index (χ2v) is 4.15. The lowest BCUT2D eigenvalue weighted by atomic mass is 9.75. The average Bonchev–Trinajstić information content (AvgIpc) is 2.17. The molecule has 0 aromatic carbocycles. The highest BCUT2D eigenvalue weighted by Gasteiger charge is 2.41. The van der Waals surface area contributed by atoms with Gasteiger partial charge in [-0.15, -0.1) is 0 Å². The summed E-state index contributed by atoms with van der Waals surface area (Å²) >= 11 is 0. The Morgan fingerprint density at radius 2 is 1.47 bits per heavy atom. The highest BCUT2D eigenvalue weighted by Crippen LogP contribution is 2.32. The molecule has 0 aromatic rings. The number of unbranched alkanes of at least 4 members (excludes halogenated alkanes) is 2. The molecule has 88 valence electrons. The zero-order chi connectivity index (χ0) is 11.9. The summed E-state index contributed by atoms with van der Waals surface area (Å²) in [4.78, 5) is 22.8. The van der Waals surface area contributed by atoms with Gasteiger partial charge < -0.3 is 5.11 Å². The molecule has 0 bridgehead atoms. The maximum Gasteiger partial charge on any atom is 0.317 e. The van der Waals surface area contributed by atoms with Gasteiger partial charge in [-0.25, -0.2) is 0 Å². The molecule has 0 heterocycles. The van der Waals surface area contributed by atoms with E-state index in [-0.39, 0.29) is 5.78 Å². The van der Waals surface area contributed by atoms with Gasteiger partial charge in [-0.3, -0.25) is 9.59 Å². The lowest BCUT2D eigenvalue weighted by Crippen LogP contribution is -2.38. The molecule has 0 radical (unpaired) electrons. The number of carbonyl (C=O) groups excluding carboxylic acids is 1. The van der Waals surface area contributed by atoms with E-state index in [4.69, 9.17) is 0 Å². The van der Waals surface area contributed by atoms with E-state index < -0.39 is 11.4 Å². The molecule has 0 saturated heterocycles. The molecule has 0 spiro atoms. The first-order valence-corrected chi connectivity index (χ1v) is 5.75. The van der Waals surface area contributed by atoms with E-state index in [1.165, 1.54) is 6.92 Å². The standard InChI is InChI=1S/C12H22O3/c1-4-6-8-12(10(3)13,11(14)15)9-7-5-2/h4-9H2,1-3H3,(H,14,15). The minimum atomic E-state index is -1.12. The average molecular weight is 214 g/mol. The molecule has 0 rings (SSSR count). The minimum Gasteiger partial charge on any atom is -0.480 e. The number of ketones is 1. The zero-order valence-corrected chi connectivity index (χ0v) is 10.0. The van der Waals surface area contributed by atoms with E-state index in [0.717, 1.165) is 25.7 Å². The van der Waals surface area contributed by atoms with Crippen molar-refractivity contribution in [2.75, 3.05) is 0 Å². The fourth-order valence-corrected chi connectivity index (χ4v) is 1.80. The summed E-state index contributed by atoms with van der Waals surface area (Å²) in [6, 6.07) is 0. The van der Waals surface area contributed by atoms with Crippen LogP contribution in [0.3, 0.4) is 0 Å². The molecule has 0 unspecified atom stereocenters. The van der Waals surface area contributed by atoms with Gasteiger partial charge in [0.1, 0.15) is 11.2 Å². The van der Waals surface area contributed by atoms with Crippen LogP contribution in [0.1, 0.15) is 59.3 Å². The minimum absolute atomic E-state index is 0.197. The first-order chi connectivity index (χ1) is 7.01. The third-order valence-electron chi connectivity index (χ3n) is 3.00. The number of aliphatic carboxylic acids is 1. The number of rotatable bonds is 8. The summed E-state index contributed by atoms with van der Waals surface area (Å²) in [5.74, 6) is -1.14. The van der Waals surface area contributed by atoms with Crippen LogP contribution in [-0.2, 0) is 9.59 Å². The van der Waals surface area contributed by atoms with Crippen LogP contribution in [0.4, 0.5) is 0 Å². The Bertz CT molecular complexity index is 197. The van der Waals surface area contributed by atoms with Crippen molar-refractivity contribution in [3.05, 3.63) is 0 Å². The monoisotopic (exact) mass is 214 g/mol. The molecule has 0 fully saturated rings. The molecule has 3 heteroatoms. The molecule has 0 aliphatic heterocycles. The van der Waals surface area contributed by atoms with Crippen LogP contribution in [0.25, 0.3) is 0 Å². The SMILES string of the molecule is CCCCC(CCCC)(C(C)=O)C(=O)O. The smallest absolute Gasteiger partial charge is 0.317 e. The van der Waals surface area contributed by atoms with Gasteiger partial charge in [-0.1, -0.05) is 39.5 Å². The highest BCUT2D eigenvalue weighted by atomic mass is 16.4. The van der Waals surface area contributed by atoms with Gasteiger partial charge >= 0.3 is 5.97 Å². The molecule has 0 amide bonds. The summed E-state index contributed by atoms with van der Waals surface area (Å²) in [7, 11) is 0. The van der Waals surface area contributed by atoms with Crippen molar-refractivity contribution < 1.29 is 14.7 Å². The van der Waals surface area contributed by atoms with Crippen LogP contribution in [-0.4, -0.2) is 16.9 Å². The third-order valence-corrected chi connectivity index (χ3v) is 3.00. The van der Waals surface area contributed by atoms with E-state index in [1.54, 1.807) is 0 Å². The maximum atomic E-state index is 11.5. The predicted octanol–water partition coefficient (Wildman–Crippen LogP) is 3.03. The quantitative estimate of drug-likeness (QED) is 0.632. The molecular weight excluding hydrogens is 192 g/mol. The van der Waals surface area contributed by atoms with Crippen LogP contribution >= 0.6 is 0 Å². The predicted molar refractivity (Wildman–Crippen MR) is 59.8 cm³/mol. The highest BCUT2D eigenvalue weighted by molar-refractivity contribution is 6.01. The van der Waals surface area contributed by atoms with Crippen molar-refractivity contribution in [3.63, 3.8) is 0 Å². The third kappa shape index (κ3) is 3.65. The number of carboxylic acids is 1. The molecule has 3 nitrogen and oxygen atoms in total. The molecule has 0 atom stereocenters. The van der Waals surface area contributed by atoms with Gasteiger partial charge in [0, 0.05) is 0 Å². The lowest BCUT2D eigenvalue weighted by Gasteiger charge is -2.26. The maximum absolute atomic E-state index is 11.5. The molecule has 1 N–H and O–H groups in total. The van der Waals surface area contributed by atoms with Gasteiger partial charge in [-0.05, 0) is 19.8 Å². The van der Waals surface area contributed by atoms with Crippen molar-refractivity contribution in [1.29, 1.82) is 0 Å². The Kier molecular flexibility index (Phi) is 6.21. The van der Waals surface area contributed by atoms with Crippen LogP contribution in [0.15, 0.2) is 0 Å². The summed E-state index contributed by atoms with van der Waals surface area (Å²) in [5.41, 5.74) is -1.12. The van der Waals surface area contributed by atoms with Gasteiger partial charge in [0.25, 0.3) is 0 Å². The number of hydrogen-bond donors (Lipinski definition) is 1. The van der Waals surface area contributed by atoms with E-state index in [9.17, 15) is 14.7 Å². The summed E-state index contributed by atoms with van der Waals surface area (Å²) in [6.07, 6.45) is 4.41.